The van der Waals surface area contributed by atoms with Gasteiger partial charge in [0, 0.05) is 35.9 Å². The third-order valence-corrected chi connectivity index (χ3v) is 10.3. The van der Waals surface area contributed by atoms with Crippen LogP contribution >= 0.6 is 0 Å². The number of hydrogen-bond acceptors (Lipinski definition) is 5. The molecule has 2 bridgehead atoms. The molecule has 3 heterocycles. The highest BCUT2D eigenvalue weighted by Crippen LogP contribution is 2.62. The van der Waals surface area contributed by atoms with Crippen LogP contribution in [-0.4, -0.2) is 60.3 Å². The quantitative estimate of drug-likeness (QED) is 0.481. The Morgan fingerprint density at radius 2 is 2.03 bits per heavy atom. The summed E-state index contributed by atoms with van der Waals surface area (Å²) in [5.74, 6) is 0.168. The van der Waals surface area contributed by atoms with Gasteiger partial charge in [-0.3, -0.25) is 19.2 Å². The number of nitrogens with one attached hydrogen (secondary N) is 2. The smallest absolute Gasteiger partial charge is 0.243 e. The molecule has 9 nitrogen and oxygen atoms in total. The number of benzene rings is 1. The molecule has 2 saturated heterocycles. The molecule has 4 fully saturated rings. The lowest BCUT2D eigenvalue weighted by Gasteiger charge is -2.32. The van der Waals surface area contributed by atoms with Gasteiger partial charge in [-0.15, -0.1) is 0 Å². The van der Waals surface area contributed by atoms with Gasteiger partial charge in [0.2, 0.25) is 23.6 Å². The number of rotatable bonds is 6. The number of fused-ring (bicyclic) bond motifs is 7. The van der Waals surface area contributed by atoms with Gasteiger partial charge >= 0.3 is 0 Å². The lowest BCUT2D eigenvalue weighted by atomic mass is 9.81. The fourth-order valence-corrected chi connectivity index (χ4v) is 8.32. The first kappa shape index (κ1) is 23.7. The molecular formula is C29H34N4O5. The van der Waals surface area contributed by atoms with Gasteiger partial charge in [-0.2, -0.15) is 0 Å². The van der Waals surface area contributed by atoms with Crippen molar-refractivity contribution >= 4 is 23.6 Å². The number of para-hydroxylation sites is 1. The molecule has 6 aliphatic rings. The zero-order chi connectivity index (χ0) is 26.2. The first-order valence-electron chi connectivity index (χ1n) is 14.0. The Hall–Kier alpha value is -3.36. The fraction of sp³-hybridized carbons (Fsp3) is 0.586. The van der Waals surface area contributed by atoms with Gasteiger partial charge in [-0.25, -0.2) is 0 Å². The van der Waals surface area contributed by atoms with E-state index >= 15 is 0 Å². The minimum atomic E-state index is -0.948. The van der Waals surface area contributed by atoms with E-state index in [4.69, 9.17) is 10.5 Å². The van der Waals surface area contributed by atoms with Crippen LogP contribution < -0.4 is 21.1 Å². The molecule has 2 saturated carbocycles. The van der Waals surface area contributed by atoms with Gasteiger partial charge in [0.25, 0.3) is 0 Å². The van der Waals surface area contributed by atoms with Crippen LogP contribution in [0.2, 0.25) is 0 Å². The highest BCUT2D eigenvalue weighted by molar-refractivity contribution is 5.94. The number of nitrogens with zero attached hydrogens (tertiary/aromatic N) is 1. The summed E-state index contributed by atoms with van der Waals surface area (Å²) in [4.78, 5) is 54.3. The average Bonchev–Trinajstić information content (AvgIpc) is 3.37. The number of nitrogens with two attached hydrogens (primary N) is 1. The second-order valence-corrected chi connectivity index (χ2v) is 12.1. The summed E-state index contributed by atoms with van der Waals surface area (Å²) in [6, 6.07) is 6.38. The Labute approximate surface area is 221 Å². The molecule has 1 aromatic carbocycles. The lowest BCUT2D eigenvalue weighted by molar-refractivity contribution is -0.142. The van der Waals surface area contributed by atoms with Crippen molar-refractivity contribution in [3.63, 3.8) is 0 Å². The van der Waals surface area contributed by atoms with Crippen molar-refractivity contribution in [1.82, 2.24) is 15.5 Å². The molecule has 1 spiro atoms. The van der Waals surface area contributed by atoms with Gasteiger partial charge in [0.05, 0.1) is 6.61 Å². The van der Waals surface area contributed by atoms with E-state index in [0.717, 1.165) is 30.6 Å². The SMILES string of the molecule is NC(=O)[C@H](C[C@@H]1CCNC1=O)NC(=O)[C@@H]1[C@@H]2[C@H](CN1C(=O)[C@@H]1C[C@]13CCOc1ccccc13)[C@@H]1C=C[C@H]2C1. The van der Waals surface area contributed by atoms with Crippen molar-refractivity contribution in [2.45, 2.75) is 49.6 Å². The van der Waals surface area contributed by atoms with Crippen molar-refractivity contribution in [2.24, 2.45) is 41.2 Å². The van der Waals surface area contributed by atoms with E-state index in [1.54, 1.807) is 0 Å². The maximum Gasteiger partial charge on any atom is 0.243 e. The zero-order valence-electron chi connectivity index (χ0n) is 21.3. The average molecular weight is 519 g/mol. The van der Waals surface area contributed by atoms with Crippen molar-refractivity contribution in [3.8, 4) is 5.75 Å². The lowest BCUT2D eigenvalue weighted by Crippen LogP contribution is -2.55. The summed E-state index contributed by atoms with van der Waals surface area (Å²) < 4.78 is 5.87. The van der Waals surface area contributed by atoms with E-state index in [1.807, 2.05) is 23.1 Å². The molecule has 0 aromatic heterocycles. The van der Waals surface area contributed by atoms with Gasteiger partial charge < -0.3 is 26.0 Å². The maximum absolute atomic E-state index is 14.2. The van der Waals surface area contributed by atoms with Crippen LogP contribution in [0.25, 0.3) is 0 Å². The number of ether oxygens (including phenoxy) is 1. The van der Waals surface area contributed by atoms with Crippen LogP contribution in [0.4, 0.5) is 0 Å². The van der Waals surface area contributed by atoms with E-state index in [0.29, 0.717) is 32.0 Å². The molecule has 3 aliphatic carbocycles. The Balaban J connectivity index is 1.14. The summed E-state index contributed by atoms with van der Waals surface area (Å²) in [5.41, 5.74) is 6.54. The largest absolute Gasteiger partial charge is 0.493 e. The van der Waals surface area contributed by atoms with E-state index in [1.165, 1.54) is 0 Å². The molecule has 0 unspecified atom stereocenters. The molecule has 0 radical (unpaired) electrons. The molecule has 3 aliphatic heterocycles. The second kappa shape index (κ2) is 8.58. The van der Waals surface area contributed by atoms with Crippen molar-refractivity contribution in [2.75, 3.05) is 19.7 Å². The molecule has 200 valence electrons. The molecule has 7 rings (SSSR count). The van der Waals surface area contributed by atoms with Gasteiger partial charge in [0.1, 0.15) is 17.8 Å². The summed E-state index contributed by atoms with van der Waals surface area (Å²) in [5, 5.41) is 5.65. The van der Waals surface area contributed by atoms with E-state index < -0.39 is 18.0 Å². The molecule has 1 aromatic rings. The summed E-state index contributed by atoms with van der Waals surface area (Å²) in [7, 11) is 0. The van der Waals surface area contributed by atoms with E-state index in [-0.39, 0.29) is 59.1 Å². The van der Waals surface area contributed by atoms with Gasteiger partial charge in [-0.05, 0) is 61.8 Å². The second-order valence-electron chi connectivity index (χ2n) is 12.1. The van der Waals surface area contributed by atoms with Crippen LogP contribution in [0, 0.1) is 35.5 Å². The van der Waals surface area contributed by atoms with Gasteiger partial charge in [-0.1, -0.05) is 30.4 Å². The third kappa shape index (κ3) is 3.50. The van der Waals surface area contributed by atoms with Crippen molar-refractivity contribution in [3.05, 3.63) is 42.0 Å². The van der Waals surface area contributed by atoms with Crippen molar-refractivity contribution in [1.29, 1.82) is 0 Å². The first-order valence-corrected chi connectivity index (χ1v) is 14.0. The maximum atomic E-state index is 14.2. The minimum Gasteiger partial charge on any atom is -0.493 e. The standard InChI is InChI=1S/C29H34N4O5/c30-25(34)21(12-17-7-9-31-26(17)35)32-27(36)24-23-16-6-5-15(11-16)18(23)14-33(24)28(37)20-13-29(20)8-10-38-22-4-2-1-3-19(22)29/h1-6,15-18,20-21,23-24H,7-14H2,(H2,30,34)(H,31,35)(H,32,36)/t15-,16+,17+,18-,20+,21+,23+,24+,29+/m1/s1. The molecule has 9 atom stereocenters. The van der Waals surface area contributed by atoms with Crippen LogP contribution in [0.1, 0.15) is 37.7 Å². The number of primary amides is 1. The van der Waals surface area contributed by atoms with Crippen LogP contribution in [-0.2, 0) is 24.6 Å². The fourth-order valence-electron chi connectivity index (χ4n) is 8.32. The molecule has 38 heavy (non-hydrogen) atoms. The van der Waals surface area contributed by atoms with Crippen LogP contribution in [0.5, 0.6) is 5.75 Å². The number of carbonyl (C=O) groups excluding carboxylic acids is 4. The predicted octanol–water partition coefficient (Wildman–Crippen LogP) is 0.872. The van der Waals surface area contributed by atoms with Crippen LogP contribution in [0.15, 0.2) is 36.4 Å². The number of carbonyl (C=O) groups is 4. The Morgan fingerprint density at radius 3 is 2.82 bits per heavy atom. The van der Waals surface area contributed by atoms with Gasteiger partial charge in [0.15, 0.2) is 0 Å². The highest BCUT2D eigenvalue weighted by Gasteiger charge is 2.65. The topological polar surface area (TPSA) is 131 Å². The monoisotopic (exact) mass is 518 g/mol. The molecule has 4 N–H and O–H groups in total. The Bertz CT molecular complexity index is 1250. The predicted molar refractivity (Wildman–Crippen MR) is 136 cm³/mol. The van der Waals surface area contributed by atoms with E-state index in [2.05, 4.69) is 28.9 Å². The normalized spacial score (nSPS) is 38.4. The Kier molecular flexibility index (Phi) is 5.36. The molecule has 9 heteroatoms. The minimum absolute atomic E-state index is 0.0291. The molecular weight excluding hydrogens is 484 g/mol. The summed E-state index contributed by atoms with van der Waals surface area (Å²) >= 11 is 0. The number of likely N-dealkylation sites (tertiary alicyclic amines) is 1. The Morgan fingerprint density at radius 1 is 1.21 bits per heavy atom. The number of hydrogen-bond donors (Lipinski definition) is 3. The zero-order valence-corrected chi connectivity index (χ0v) is 21.3. The van der Waals surface area contributed by atoms with E-state index in [9.17, 15) is 19.2 Å². The number of amides is 4. The molecule has 4 amide bonds. The van der Waals surface area contributed by atoms with Crippen molar-refractivity contribution < 1.29 is 23.9 Å². The highest BCUT2D eigenvalue weighted by atomic mass is 16.5. The number of allylic oxidation sites excluding steroid dienone is 2. The summed E-state index contributed by atoms with van der Waals surface area (Å²) in [6.45, 7) is 1.70. The van der Waals surface area contributed by atoms with Crippen LogP contribution in [0.3, 0.4) is 0 Å². The summed E-state index contributed by atoms with van der Waals surface area (Å²) in [6.07, 6.45) is 7.79. The third-order valence-electron chi connectivity index (χ3n) is 10.3. The first-order chi connectivity index (χ1) is 18.4.